The molecule has 0 bridgehead atoms. The van der Waals surface area contributed by atoms with Crippen LogP contribution >= 0.6 is 0 Å². The third-order valence-corrected chi connectivity index (χ3v) is 6.58. The molecule has 0 saturated carbocycles. The Morgan fingerprint density at radius 2 is 1.76 bits per heavy atom. The first-order valence-corrected chi connectivity index (χ1v) is 8.82. The van der Waals surface area contributed by atoms with Crippen LogP contribution in [0.25, 0.3) is 0 Å². The molecular weight excluding hydrogens is 286 g/mol. The quantitative estimate of drug-likeness (QED) is 0.933. The van der Waals surface area contributed by atoms with Crippen molar-refractivity contribution in [3.63, 3.8) is 0 Å². The maximum atomic E-state index is 12.9. The van der Waals surface area contributed by atoms with Crippen molar-refractivity contribution in [1.29, 1.82) is 0 Å². The van der Waals surface area contributed by atoms with Gasteiger partial charge in [-0.25, -0.2) is 8.42 Å². The van der Waals surface area contributed by atoms with Gasteiger partial charge >= 0.3 is 0 Å². The zero-order chi connectivity index (χ0) is 15.8. The van der Waals surface area contributed by atoms with Gasteiger partial charge in [-0.2, -0.15) is 4.31 Å². The SMILES string of the molecule is Cc1cc(CO)cc(S(=O)(=O)N2CCC(C)(C)CC2)c1C. The number of hydrogen-bond donors (Lipinski definition) is 1. The van der Waals surface area contributed by atoms with Crippen LogP contribution in [0.1, 0.15) is 43.4 Å². The van der Waals surface area contributed by atoms with Gasteiger partial charge in [-0.05, 0) is 54.9 Å². The van der Waals surface area contributed by atoms with E-state index in [-0.39, 0.29) is 12.0 Å². The van der Waals surface area contributed by atoms with Crippen molar-refractivity contribution in [3.05, 3.63) is 28.8 Å². The van der Waals surface area contributed by atoms with E-state index in [1.54, 1.807) is 10.4 Å². The number of aliphatic hydroxyl groups is 1. The Morgan fingerprint density at radius 1 is 1.19 bits per heavy atom. The maximum Gasteiger partial charge on any atom is 0.243 e. The summed E-state index contributed by atoms with van der Waals surface area (Å²) >= 11 is 0. The third-order valence-electron chi connectivity index (χ3n) is 4.56. The number of rotatable bonds is 3. The van der Waals surface area contributed by atoms with Crippen LogP contribution in [0.4, 0.5) is 0 Å². The van der Waals surface area contributed by atoms with Crippen molar-refractivity contribution in [2.75, 3.05) is 13.1 Å². The van der Waals surface area contributed by atoms with Crippen LogP contribution in [0.15, 0.2) is 17.0 Å². The summed E-state index contributed by atoms with van der Waals surface area (Å²) in [7, 11) is -3.48. The van der Waals surface area contributed by atoms with E-state index in [0.29, 0.717) is 23.5 Å². The van der Waals surface area contributed by atoms with Gasteiger partial charge in [0.05, 0.1) is 11.5 Å². The van der Waals surface area contributed by atoms with Crippen molar-refractivity contribution in [3.8, 4) is 0 Å². The van der Waals surface area contributed by atoms with E-state index in [2.05, 4.69) is 13.8 Å². The number of aliphatic hydroxyl groups excluding tert-OH is 1. The number of piperidine rings is 1. The number of hydrogen-bond acceptors (Lipinski definition) is 3. The monoisotopic (exact) mass is 311 g/mol. The predicted octanol–water partition coefficient (Wildman–Crippen LogP) is 2.61. The second kappa shape index (κ2) is 5.71. The fourth-order valence-corrected chi connectivity index (χ4v) is 4.52. The molecule has 118 valence electrons. The molecule has 1 N–H and O–H groups in total. The molecule has 5 heteroatoms. The summed E-state index contributed by atoms with van der Waals surface area (Å²) in [6.45, 7) is 9.06. The summed E-state index contributed by atoms with van der Waals surface area (Å²) in [4.78, 5) is 0.339. The van der Waals surface area contributed by atoms with Crippen molar-refractivity contribution in [1.82, 2.24) is 4.31 Å². The van der Waals surface area contributed by atoms with Crippen LogP contribution in [0.5, 0.6) is 0 Å². The topological polar surface area (TPSA) is 57.6 Å². The fourth-order valence-electron chi connectivity index (χ4n) is 2.73. The van der Waals surface area contributed by atoms with E-state index >= 15 is 0 Å². The Kier molecular flexibility index (Phi) is 4.47. The lowest BCUT2D eigenvalue weighted by Crippen LogP contribution is -2.41. The minimum atomic E-state index is -3.48. The zero-order valence-corrected chi connectivity index (χ0v) is 14.1. The van der Waals surface area contributed by atoms with Gasteiger partial charge in [-0.1, -0.05) is 19.9 Å². The molecule has 1 aromatic rings. The molecule has 1 heterocycles. The summed E-state index contributed by atoms with van der Waals surface area (Å²) in [6.07, 6.45) is 1.76. The van der Waals surface area contributed by atoms with Gasteiger partial charge in [0, 0.05) is 13.1 Å². The molecular formula is C16H25NO3S. The van der Waals surface area contributed by atoms with E-state index < -0.39 is 10.0 Å². The Morgan fingerprint density at radius 3 is 2.29 bits per heavy atom. The van der Waals surface area contributed by atoms with Crippen molar-refractivity contribution >= 4 is 10.0 Å². The van der Waals surface area contributed by atoms with Crippen LogP contribution in [0.3, 0.4) is 0 Å². The van der Waals surface area contributed by atoms with Crippen molar-refractivity contribution < 1.29 is 13.5 Å². The van der Waals surface area contributed by atoms with E-state index in [4.69, 9.17) is 0 Å². The Labute approximate surface area is 127 Å². The van der Waals surface area contributed by atoms with Crippen LogP contribution in [0.2, 0.25) is 0 Å². The highest BCUT2D eigenvalue weighted by Gasteiger charge is 2.33. The van der Waals surface area contributed by atoms with E-state index in [1.807, 2.05) is 19.9 Å². The molecule has 0 atom stereocenters. The van der Waals surface area contributed by atoms with Crippen molar-refractivity contribution in [2.45, 2.75) is 52.0 Å². The number of benzene rings is 1. The molecule has 1 fully saturated rings. The summed E-state index contributed by atoms with van der Waals surface area (Å²) in [5, 5.41) is 9.31. The van der Waals surface area contributed by atoms with Gasteiger partial charge in [0.1, 0.15) is 0 Å². The standard InChI is InChI=1S/C16H25NO3S/c1-12-9-14(11-18)10-15(13(12)2)21(19,20)17-7-5-16(3,4)6-8-17/h9-10,18H,5-8,11H2,1-4H3. The van der Waals surface area contributed by atoms with Crippen LogP contribution in [0, 0.1) is 19.3 Å². The Bertz CT molecular complexity index is 625. The van der Waals surface area contributed by atoms with Gasteiger partial charge in [-0.3, -0.25) is 0 Å². The molecule has 4 nitrogen and oxygen atoms in total. The highest BCUT2D eigenvalue weighted by molar-refractivity contribution is 7.89. The fraction of sp³-hybridized carbons (Fsp3) is 0.625. The van der Waals surface area contributed by atoms with Gasteiger partial charge < -0.3 is 5.11 Å². The molecule has 0 aromatic heterocycles. The first-order chi connectivity index (χ1) is 9.67. The Balaban J connectivity index is 2.39. The second-order valence-corrected chi connectivity index (χ2v) is 8.67. The largest absolute Gasteiger partial charge is 0.392 e. The predicted molar refractivity (Wildman–Crippen MR) is 83.6 cm³/mol. The summed E-state index contributed by atoms with van der Waals surface area (Å²) in [5.41, 5.74) is 2.53. The summed E-state index contributed by atoms with van der Waals surface area (Å²) < 4.78 is 27.4. The normalized spacial score (nSPS) is 19.7. The average molecular weight is 311 g/mol. The molecule has 0 spiro atoms. The first-order valence-electron chi connectivity index (χ1n) is 7.38. The highest BCUT2D eigenvalue weighted by Crippen LogP contribution is 2.33. The lowest BCUT2D eigenvalue weighted by molar-refractivity contribution is 0.196. The van der Waals surface area contributed by atoms with Gasteiger partial charge in [0.25, 0.3) is 0 Å². The van der Waals surface area contributed by atoms with Gasteiger partial charge in [0.2, 0.25) is 10.0 Å². The molecule has 1 saturated heterocycles. The van der Waals surface area contributed by atoms with E-state index in [9.17, 15) is 13.5 Å². The molecule has 2 rings (SSSR count). The third kappa shape index (κ3) is 3.30. The number of sulfonamides is 1. The van der Waals surface area contributed by atoms with Crippen LogP contribution in [-0.2, 0) is 16.6 Å². The second-order valence-electron chi connectivity index (χ2n) is 6.76. The molecule has 1 aliphatic heterocycles. The molecule has 0 amide bonds. The lowest BCUT2D eigenvalue weighted by atomic mass is 9.83. The van der Waals surface area contributed by atoms with Crippen LogP contribution < -0.4 is 0 Å². The minimum absolute atomic E-state index is 0.142. The molecule has 21 heavy (non-hydrogen) atoms. The summed E-state index contributed by atoms with van der Waals surface area (Å²) in [6, 6.07) is 3.45. The molecule has 1 aromatic carbocycles. The van der Waals surface area contributed by atoms with Crippen molar-refractivity contribution in [2.24, 2.45) is 5.41 Å². The zero-order valence-electron chi connectivity index (χ0n) is 13.3. The van der Waals surface area contributed by atoms with E-state index in [0.717, 1.165) is 24.0 Å². The average Bonchev–Trinajstić information content (AvgIpc) is 2.41. The van der Waals surface area contributed by atoms with E-state index in [1.165, 1.54) is 0 Å². The molecule has 1 aliphatic rings. The van der Waals surface area contributed by atoms with Gasteiger partial charge in [0.15, 0.2) is 0 Å². The maximum absolute atomic E-state index is 12.9. The minimum Gasteiger partial charge on any atom is -0.392 e. The smallest absolute Gasteiger partial charge is 0.243 e. The van der Waals surface area contributed by atoms with Crippen LogP contribution in [-0.4, -0.2) is 30.9 Å². The first kappa shape index (κ1) is 16.5. The molecule has 0 unspecified atom stereocenters. The molecule has 0 radical (unpaired) electrons. The Hall–Kier alpha value is -0.910. The lowest BCUT2D eigenvalue weighted by Gasteiger charge is -2.36. The van der Waals surface area contributed by atoms with Gasteiger partial charge in [-0.15, -0.1) is 0 Å². The number of aryl methyl sites for hydroxylation is 1. The number of nitrogens with zero attached hydrogens (tertiary/aromatic N) is 1. The summed E-state index contributed by atoms with van der Waals surface area (Å²) in [5.74, 6) is 0. The highest BCUT2D eigenvalue weighted by atomic mass is 32.2. The molecule has 0 aliphatic carbocycles.